The van der Waals surface area contributed by atoms with Crippen molar-refractivity contribution in [1.82, 2.24) is 0 Å². The van der Waals surface area contributed by atoms with Gasteiger partial charge in [0.05, 0.1) is 29.1 Å². The second-order valence-electron chi connectivity index (χ2n) is 8.40. The molecule has 0 aliphatic carbocycles. The number of phenolic OH excluding ortho intramolecular Hbond substituents is 1. The Balaban J connectivity index is 1.79. The van der Waals surface area contributed by atoms with Crippen molar-refractivity contribution in [2.75, 3.05) is 26.1 Å². The molecule has 9 heteroatoms. The molecule has 0 saturated carbocycles. The first-order valence-electron chi connectivity index (χ1n) is 11.4. The van der Waals surface area contributed by atoms with Crippen molar-refractivity contribution in [1.29, 1.82) is 0 Å². The quantitative estimate of drug-likeness (QED) is 0.258. The number of aliphatic hydroxyl groups is 2. The van der Waals surface area contributed by atoms with Gasteiger partial charge in [0, 0.05) is 0 Å². The van der Waals surface area contributed by atoms with E-state index in [0.717, 1.165) is 17.6 Å². The average Bonchev–Trinajstić information content (AvgIpc) is 3.12. The van der Waals surface area contributed by atoms with Crippen LogP contribution < -0.4 is 9.47 Å². The van der Waals surface area contributed by atoms with E-state index in [0.29, 0.717) is 39.1 Å². The van der Waals surface area contributed by atoms with Gasteiger partial charge in [-0.05, 0) is 82.8 Å². The molecule has 0 saturated heterocycles. The predicted molar refractivity (Wildman–Crippen MR) is 145 cm³/mol. The van der Waals surface area contributed by atoms with E-state index in [1.165, 1.54) is 7.11 Å². The smallest absolute Gasteiger partial charge is 0.171 e. The number of allylic oxidation sites excluding steroid dienone is 1. The third kappa shape index (κ3) is 6.78. The molecule has 190 valence electrons. The SMILES string of the molecule is CC/C(=C\c1cc(I)c(O)c(OC)c1)CC[C@@H](O)C1=C(COc2ccccc2)CS(=O)(=O)[C@H]1CO. The van der Waals surface area contributed by atoms with Crippen LogP contribution >= 0.6 is 22.6 Å². The van der Waals surface area contributed by atoms with Crippen LogP contribution in [0.4, 0.5) is 0 Å². The molecule has 0 radical (unpaired) electrons. The molecule has 2 atom stereocenters. The largest absolute Gasteiger partial charge is 0.504 e. The molecule has 35 heavy (non-hydrogen) atoms. The van der Waals surface area contributed by atoms with Crippen LogP contribution in [0.2, 0.25) is 0 Å². The van der Waals surface area contributed by atoms with E-state index in [2.05, 4.69) is 0 Å². The number of aliphatic hydroxyl groups excluding tert-OH is 2. The van der Waals surface area contributed by atoms with E-state index in [1.807, 2.05) is 59.9 Å². The van der Waals surface area contributed by atoms with Crippen molar-refractivity contribution in [3.63, 3.8) is 0 Å². The van der Waals surface area contributed by atoms with Gasteiger partial charge >= 0.3 is 0 Å². The molecule has 1 heterocycles. The number of ether oxygens (including phenoxy) is 2. The molecule has 1 aliphatic heterocycles. The topological polar surface area (TPSA) is 113 Å². The third-order valence-corrected chi connectivity index (χ3v) is 8.92. The summed E-state index contributed by atoms with van der Waals surface area (Å²) in [6.45, 7) is 1.47. The fourth-order valence-corrected chi connectivity index (χ4v) is 6.72. The minimum atomic E-state index is -3.61. The fourth-order valence-electron chi connectivity index (χ4n) is 4.22. The van der Waals surface area contributed by atoms with Gasteiger partial charge in [0.15, 0.2) is 21.3 Å². The lowest BCUT2D eigenvalue weighted by molar-refractivity contribution is 0.187. The first-order valence-corrected chi connectivity index (χ1v) is 14.2. The maximum absolute atomic E-state index is 12.7. The van der Waals surface area contributed by atoms with Crippen molar-refractivity contribution < 1.29 is 33.2 Å². The molecule has 3 rings (SSSR count). The number of rotatable bonds is 11. The highest BCUT2D eigenvalue weighted by Gasteiger charge is 2.41. The molecular weight excluding hydrogens is 583 g/mol. The summed E-state index contributed by atoms with van der Waals surface area (Å²) >= 11 is 2.04. The highest BCUT2D eigenvalue weighted by Crippen LogP contribution is 2.35. The van der Waals surface area contributed by atoms with Crippen molar-refractivity contribution in [3.05, 3.63) is 68.3 Å². The van der Waals surface area contributed by atoms with Crippen LogP contribution in [0.1, 0.15) is 31.7 Å². The zero-order valence-corrected chi connectivity index (χ0v) is 22.8. The lowest BCUT2D eigenvalue weighted by Gasteiger charge is -2.20. The Morgan fingerprint density at radius 2 is 1.97 bits per heavy atom. The van der Waals surface area contributed by atoms with Crippen molar-refractivity contribution in [2.45, 2.75) is 37.5 Å². The standard InChI is InChI=1S/C26H31IO7S/c1-3-17(11-18-12-21(27)26(30)23(13-18)33-2)9-10-22(29)25-19(16-35(31,32)24(25)14-28)15-34-20-7-5-4-6-8-20/h4-8,11-13,22,24,28-30H,3,9-10,14-16H2,1-2H3/b17-11+/t22-,24+/m1/s1. The molecule has 0 spiro atoms. The second kappa shape index (κ2) is 12.2. The lowest BCUT2D eigenvalue weighted by atomic mass is 9.94. The van der Waals surface area contributed by atoms with Gasteiger partial charge < -0.3 is 24.8 Å². The van der Waals surface area contributed by atoms with E-state index in [4.69, 9.17) is 9.47 Å². The summed E-state index contributed by atoms with van der Waals surface area (Å²) in [5.74, 6) is 0.843. The molecule has 0 fully saturated rings. The average molecular weight is 614 g/mol. The zero-order chi connectivity index (χ0) is 25.6. The van der Waals surface area contributed by atoms with E-state index >= 15 is 0 Å². The molecule has 0 unspecified atom stereocenters. The Kier molecular flexibility index (Phi) is 9.62. The molecule has 1 aliphatic rings. The highest BCUT2D eigenvalue weighted by molar-refractivity contribution is 14.1. The van der Waals surface area contributed by atoms with E-state index < -0.39 is 27.8 Å². The first-order chi connectivity index (χ1) is 16.7. The van der Waals surface area contributed by atoms with Crippen LogP contribution in [0.15, 0.2) is 59.2 Å². The van der Waals surface area contributed by atoms with E-state index in [9.17, 15) is 23.7 Å². The normalized spacial score (nSPS) is 18.5. The summed E-state index contributed by atoms with van der Waals surface area (Å²) in [5, 5.41) is 29.8. The van der Waals surface area contributed by atoms with Gasteiger partial charge in [-0.15, -0.1) is 0 Å². The number of hydrogen-bond acceptors (Lipinski definition) is 7. The fraction of sp³-hybridized carbons (Fsp3) is 0.385. The second-order valence-corrected chi connectivity index (χ2v) is 11.7. The predicted octanol–water partition coefficient (Wildman–Crippen LogP) is 4.10. The van der Waals surface area contributed by atoms with Crippen molar-refractivity contribution in [3.8, 4) is 17.2 Å². The monoisotopic (exact) mass is 614 g/mol. The summed E-state index contributed by atoms with van der Waals surface area (Å²) in [6, 6.07) is 12.7. The Hall–Kier alpha value is -2.08. The van der Waals surface area contributed by atoms with Crippen LogP contribution in [0.5, 0.6) is 17.2 Å². The van der Waals surface area contributed by atoms with Crippen LogP contribution in [0, 0.1) is 3.57 Å². The number of aromatic hydroxyl groups is 1. The van der Waals surface area contributed by atoms with Crippen molar-refractivity contribution in [2.24, 2.45) is 0 Å². The summed E-state index contributed by atoms with van der Waals surface area (Å²) in [7, 11) is -2.12. The Bertz CT molecular complexity index is 1190. The summed E-state index contributed by atoms with van der Waals surface area (Å²) < 4.78 is 37.0. The van der Waals surface area contributed by atoms with Crippen LogP contribution in [0.25, 0.3) is 6.08 Å². The number of para-hydroxylation sites is 1. The number of halogens is 1. The molecule has 7 nitrogen and oxygen atoms in total. The Morgan fingerprint density at radius 1 is 1.26 bits per heavy atom. The van der Waals surface area contributed by atoms with E-state index in [1.54, 1.807) is 18.2 Å². The molecule has 2 aromatic rings. The summed E-state index contributed by atoms with van der Waals surface area (Å²) in [4.78, 5) is 0. The maximum Gasteiger partial charge on any atom is 0.171 e. The van der Waals surface area contributed by atoms with Crippen LogP contribution in [-0.2, 0) is 9.84 Å². The van der Waals surface area contributed by atoms with Crippen LogP contribution in [-0.4, -0.2) is 61.2 Å². The van der Waals surface area contributed by atoms with Gasteiger partial charge in [-0.2, -0.15) is 0 Å². The van der Waals surface area contributed by atoms with Gasteiger partial charge in [0.1, 0.15) is 17.6 Å². The van der Waals surface area contributed by atoms with Gasteiger partial charge in [0.25, 0.3) is 0 Å². The molecule has 3 N–H and O–H groups in total. The third-order valence-electron chi connectivity index (χ3n) is 6.08. The minimum absolute atomic E-state index is 0.0361. The number of phenols is 1. The zero-order valence-electron chi connectivity index (χ0n) is 19.8. The highest BCUT2D eigenvalue weighted by atomic mass is 127. The number of methoxy groups -OCH3 is 1. The molecule has 0 bridgehead atoms. The minimum Gasteiger partial charge on any atom is -0.504 e. The molecular formula is C26H31IO7S. The van der Waals surface area contributed by atoms with E-state index in [-0.39, 0.29) is 18.1 Å². The van der Waals surface area contributed by atoms with Gasteiger partial charge in [-0.3, -0.25) is 0 Å². The molecule has 2 aromatic carbocycles. The number of benzene rings is 2. The van der Waals surface area contributed by atoms with Gasteiger partial charge in [-0.1, -0.05) is 36.8 Å². The Labute approximate surface area is 220 Å². The van der Waals surface area contributed by atoms with Crippen LogP contribution in [0.3, 0.4) is 0 Å². The van der Waals surface area contributed by atoms with Crippen molar-refractivity contribution >= 4 is 38.5 Å². The van der Waals surface area contributed by atoms with Gasteiger partial charge in [0.2, 0.25) is 0 Å². The van der Waals surface area contributed by atoms with Gasteiger partial charge in [-0.25, -0.2) is 8.42 Å². The summed E-state index contributed by atoms with van der Waals surface area (Å²) in [6.07, 6.45) is 2.54. The molecule has 0 amide bonds. The lowest BCUT2D eigenvalue weighted by Crippen LogP contribution is -2.29. The molecule has 0 aromatic heterocycles. The maximum atomic E-state index is 12.7. The Morgan fingerprint density at radius 3 is 2.60 bits per heavy atom. The number of hydrogen-bond donors (Lipinski definition) is 3. The number of sulfone groups is 1. The first kappa shape index (κ1) is 27.5. The summed E-state index contributed by atoms with van der Waals surface area (Å²) in [5.41, 5.74) is 2.76.